The van der Waals surface area contributed by atoms with Crippen LogP contribution in [0.4, 0.5) is 17.1 Å². The number of nitro benzene ring substituents is 1. The summed E-state index contributed by atoms with van der Waals surface area (Å²) in [5.41, 5.74) is 3.40. The summed E-state index contributed by atoms with van der Waals surface area (Å²) in [7, 11) is 1.70. The van der Waals surface area contributed by atoms with Crippen LogP contribution in [0.3, 0.4) is 0 Å². The lowest BCUT2D eigenvalue weighted by molar-refractivity contribution is -0.383. The van der Waals surface area contributed by atoms with Crippen LogP contribution in [0.1, 0.15) is 12.8 Å². The maximum Gasteiger partial charge on any atom is 0.316 e. The average Bonchev–Trinajstić information content (AvgIpc) is 2.47. The first kappa shape index (κ1) is 14.5. The van der Waals surface area contributed by atoms with Crippen LogP contribution in [-0.4, -0.2) is 31.7 Å². The SMILES string of the molecule is COCC1CCN(c2cccc(NN)c2[N+](=O)[O-])CC1. The lowest BCUT2D eigenvalue weighted by Gasteiger charge is -2.33. The number of ether oxygens (including phenoxy) is 1. The minimum Gasteiger partial charge on any atom is -0.384 e. The molecule has 0 spiro atoms. The lowest BCUT2D eigenvalue weighted by atomic mass is 9.97. The van der Waals surface area contributed by atoms with Gasteiger partial charge in [0.2, 0.25) is 0 Å². The van der Waals surface area contributed by atoms with Gasteiger partial charge in [0.1, 0.15) is 11.4 Å². The Balaban J connectivity index is 2.19. The molecule has 1 fully saturated rings. The highest BCUT2D eigenvalue weighted by atomic mass is 16.6. The van der Waals surface area contributed by atoms with Crippen molar-refractivity contribution in [2.75, 3.05) is 37.1 Å². The van der Waals surface area contributed by atoms with E-state index in [0.29, 0.717) is 17.3 Å². The van der Waals surface area contributed by atoms with Gasteiger partial charge in [0.25, 0.3) is 0 Å². The van der Waals surface area contributed by atoms with E-state index < -0.39 is 0 Å². The number of nitro groups is 1. The number of piperidine rings is 1. The fourth-order valence-electron chi connectivity index (χ4n) is 2.67. The molecule has 1 heterocycles. The van der Waals surface area contributed by atoms with Crippen molar-refractivity contribution >= 4 is 17.1 Å². The third-order valence-corrected chi connectivity index (χ3v) is 3.71. The van der Waals surface area contributed by atoms with Gasteiger partial charge in [0.05, 0.1) is 4.92 Å². The number of nitrogens with two attached hydrogens (primary N) is 1. The van der Waals surface area contributed by atoms with Gasteiger partial charge in [-0.2, -0.15) is 0 Å². The van der Waals surface area contributed by atoms with Gasteiger partial charge < -0.3 is 15.1 Å². The Morgan fingerprint density at radius 2 is 2.20 bits per heavy atom. The van der Waals surface area contributed by atoms with E-state index >= 15 is 0 Å². The van der Waals surface area contributed by atoms with Gasteiger partial charge in [-0.05, 0) is 30.9 Å². The fourth-order valence-corrected chi connectivity index (χ4v) is 2.67. The Morgan fingerprint density at radius 3 is 2.75 bits per heavy atom. The van der Waals surface area contributed by atoms with Crippen molar-refractivity contribution in [2.24, 2.45) is 11.8 Å². The summed E-state index contributed by atoms with van der Waals surface area (Å²) in [4.78, 5) is 12.9. The number of nitrogens with zero attached hydrogens (tertiary/aromatic N) is 2. The molecule has 0 atom stereocenters. The zero-order chi connectivity index (χ0) is 14.5. The first-order valence-electron chi connectivity index (χ1n) is 6.65. The summed E-state index contributed by atoms with van der Waals surface area (Å²) in [5.74, 6) is 5.89. The van der Waals surface area contributed by atoms with Crippen molar-refractivity contribution < 1.29 is 9.66 Å². The van der Waals surface area contributed by atoms with Gasteiger partial charge in [-0.1, -0.05) is 6.07 Å². The molecule has 0 bridgehead atoms. The third kappa shape index (κ3) is 3.00. The molecule has 1 aliphatic rings. The van der Waals surface area contributed by atoms with Crippen LogP contribution in [0.25, 0.3) is 0 Å². The lowest BCUT2D eigenvalue weighted by Crippen LogP contribution is -2.35. The smallest absolute Gasteiger partial charge is 0.316 e. The van der Waals surface area contributed by atoms with Gasteiger partial charge in [-0.3, -0.25) is 16.0 Å². The van der Waals surface area contributed by atoms with Gasteiger partial charge in [0.15, 0.2) is 0 Å². The molecule has 1 saturated heterocycles. The molecule has 0 radical (unpaired) electrons. The van der Waals surface area contributed by atoms with Gasteiger partial charge >= 0.3 is 5.69 Å². The van der Waals surface area contributed by atoms with Crippen LogP contribution in [0.5, 0.6) is 0 Å². The van der Waals surface area contributed by atoms with Crippen LogP contribution in [0.2, 0.25) is 0 Å². The number of para-hydroxylation sites is 1. The predicted octanol–water partition coefficient (Wildman–Crippen LogP) is 1.74. The zero-order valence-electron chi connectivity index (χ0n) is 11.5. The van der Waals surface area contributed by atoms with E-state index in [-0.39, 0.29) is 10.6 Å². The molecule has 0 unspecified atom stereocenters. The van der Waals surface area contributed by atoms with Crippen molar-refractivity contribution in [1.82, 2.24) is 0 Å². The maximum atomic E-state index is 11.3. The molecule has 1 aromatic carbocycles. The predicted molar refractivity (Wildman–Crippen MR) is 77.7 cm³/mol. The minimum atomic E-state index is -0.383. The topological polar surface area (TPSA) is 93.7 Å². The molecule has 0 amide bonds. The van der Waals surface area contributed by atoms with E-state index in [9.17, 15) is 10.1 Å². The molecule has 3 N–H and O–H groups in total. The molecule has 1 aromatic rings. The average molecular weight is 280 g/mol. The van der Waals surface area contributed by atoms with E-state index in [4.69, 9.17) is 10.6 Å². The molecule has 1 aliphatic heterocycles. The largest absolute Gasteiger partial charge is 0.384 e. The Kier molecular flexibility index (Phi) is 4.75. The third-order valence-electron chi connectivity index (χ3n) is 3.71. The van der Waals surface area contributed by atoms with Gasteiger partial charge in [-0.25, -0.2) is 0 Å². The number of methoxy groups -OCH3 is 1. The molecule has 0 aromatic heterocycles. The van der Waals surface area contributed by atoms with Crippen LogP contribution < -0.4 is 16.2 Å². The van der Waals surface area contributed by atoms with Crippen molar-refractivity contribution in [1.29, 1.82) is 0 Å². The zero-order valence-corrected chi connectivity index (χ0v) is 11.5. The summed E-state index contributed by atoms with van der Waals surface area (Å²) in [6.07, 6.45) is 1.95. The minimum absolute atomic E-state index is 0.0418. The standard InChI is InChI=1S/C13H20N4O3/c1-20-9-10-5-7-16(8-6-10)12-4-2-3-11(15-14)13(12)17(18)19/h2-4,10,15H,5-9,14H2,1H3. The highest BCUT2D eigenvalue weighted by molar-refractivity contribution is 5.76. The normalized spacial score (nSPS) is 16.2. The molecule has 7 nitrogen and oxygen atoms in total. The second-order valence-electron chi connectivity index (χ2n) is 4.96. The Morgan fingerprint density at radius 1 is 1.50 bits per heavy atom. The molecule has 0 aliphatic carbocycles. The first-order chi connectivity index (χ1) is 9.67. The molecule has 7 heteroatoms. The first-order valence-corrected chi connectivity index (χ1v) is 6.65. The second kappa shape index (κ2) is 6.53. The maximum absolute atomic E-state index is 11.3. The van der Waals surface area contributed by atoms with Crippen molar-refractivity contribution in [3.05, 3.63) is 28.3 Å². The Bertz CT molecular complexity index is 473. The molecule has 20 heavy (non-hydrogen) atoms. The number of anilines is 2. The van der Waals surface area contributed by atoms with Crippen molar-refractivity contribution in [3.8, 4) is 0 Å². The highest BCUT2D eigenvalue weighted by Crippen LogP contribution is 2.36. The van der Waals surface area contributed by atoms with E-state index in [1.54, 1.807) is 25.3 Å². The molecular formula is C13H20N4O3. The van der Waals surface area contributed by atoms with E-state index in [0.717, 1.165) is 32.5 Å². The number of benzene rings is 1. The molecular weight excluding hydrogens is 260 g/mol. The number of nitrogen functional groups attached to an aromatic ring is 1. The number of hydrazine groups is 1. The molecule has 0 saturated carbocycles. The van der Waals surface area contributed by atoms with Crippen LogP contribution >= 0.6 is 0 Å². The monoisotopic (exact) mass is 280 g/mol. The Labute approximate surface area is 117 Å². The number of rotatable bonds is 5. The number of hydrogen-bond donors (Lipinski definition) is 2. The number of hydrogen-bond acceptors (Lipinski definition) is 6. The Hall–Kier alpha value is -1.86. The highest BCUT2D eigenvalue weighted by Gasteiger charge is 2.26. The van der Waals surface area contributed by atoms with Crippen molar-refractivity contribution in [2.45, 2.75) is 12.8 Å². The fraction of sp³-hybridized carbons (Fsp3) is 0.538. The van der Waals surface area contributed by atoms with E-state index in [1.807, 2.05) is 4.90 Å². The van der Waals surface area contributed by atoms with Crippen LogP contribution in [-0.2, 0) is 4.74 Å². The van der Waals surface area contributed by atoms with Gasteiger partial charge in [-0.15, -0.1) is 0 Å². The molecule has 110 valence electrons. The summed E-state index contributed by atoms with van der Waals surface area (Å²) in [5, 5.41) is 11.3. The summed E-state index contributed by atoms with van der Waals surface area (Å²) in [6.45, 7) is 2.34. The summed E-state index contributed by atoms with van der Waals surface area (Å²) < 4.78 is 5.17. The molecule has 2 rings (SSSR count). The van der Waals surface area contributed by atoms with Gasteiger partial charge in [0, 0.05) is 26.8 Å². The van der Waals surface area contributed by atoms with E-state index in [1.165, 1.54) is 0 Å². The van der Waals surface area contributed by atoms with Crippen LogP contribution in [0, 0.1) is 16.0 Å². The van der Waals surface area contributed by atoms with Crippen molar-refractivity contribution in [3.63, 3.8) is 0 Å². The number of nitrogens with one attached hydrogen (secondary N) is 1. The van der Waals surface area contributed by atoms with E-state index in [2.05, 4.69) is 5.43 Å². The van der Waals surface area contributed by atoms with Crippen LogP contribution in [0.15, 0.2) is 18.2 Å². The summed E-state index contributed by atoms with van der Waals surface area (Å²) in [6, 6.07) is 5.16. The summed E-state index contributed by atoms with van der Waals surface area (Å²) >= 11 is 0. The second-order valence-corrected chi connectivity index (χ2v) is 4.96. The quantitative estimate of drug-likeness (QED) is 0.485.